The Balaban J connectivity index is 2.42. The molecule has 7 heteroatoms. The molecule has 0 aliphatic carbocycles. The number of hydrogen-bond acceptors (Lipinski definition) is 3. The molecule has 1 N–H and O–H groups in total. The van der Waals surface area contributed by atoms with Gasteiger partial charge >= 0.3 is 5.97 Å². The topological polar surface area (TPSA) is 74.7 Å². The molecule has 0 spiro atoms. The van der Waals surface area contributed by atoms with E-state index in [-0.39, 0.29) is 16.0 Å². The van der Waals surface area contributed by atoms with Gasteiger partial charge in [-0.3, -0.25) is 0 Å². The molecular weight excluding hydrogens is 309 g/mol. The lowest BCUT2D eigenvalue weighted by Gasteiger charge is -2.12. The lowest BCUT2D eigenvalue weighted by atomic mass is 10.0. The van der Waals surface area contributed by atoms with E-state index in [2.05, 4.69) is 0 Å². The minimum absolute atomic E-state index is 0.101. The lowest BCUT2D eigenvalue weighted by molar-refractivity contribution is 0.0696. The van der Waals surface area contributed by atoms with Gasteiger partial charge in [-0.25, -0.2) is 21.9 Å². The van der Waals surface area contributed by atoms with Gasteiger partial charge < -0.3 is 5.11 Å². The van der Waals surface area contributed by atoms with Gasteiger partial charge in [0.2, 0.25) is 10.0 Å². The maximum Gasteiger partial charge on any atom is 0.335 e. The standard InChI is InChI=1S/C15H14FNO4S/c1-17(2)22(20,21)12-6-3-10(4-7-12)13-8-5-11(15(18)19)9-14(13)16/h3-9H,1-2H3,(H,18,19). The number of sulfonamides is 1. The number of nitrogens with zero attached hydrogens (tertiary/aromatic N) is 1. The molecule has 2 rings (SSSR count). The number of hydrogen-bond donors (Lipinski definition) is 1. The number of benzene rings is 2. The van der Waals surface area contributed by atoms with Crippen LogP contribution in [0.5, 0.6) is 0 Å². The van der Waals surface area contributed by atoms with Gasteiger partial charge in [-0.15, -0.1) is 0 Å². The van der Waals surface area contributed by atoms with E-state index < -0.39 is 21.8 Å². The third-order valence-electron chi connectivity index (χ3n) is 3.16. The Hall–Kier alpha value is -2.25. The molecule has 2 aromatic carbocycles. The molecule has 0 radical (unpaired) electrons. The van der Waals surface area contributed by atoms with E-state index in [1.807, 2.05) is 0 Å². The predicted octanol–water partition coefficient (Wildman–Crippen LogP) is 2.44. The normalized spacial score (nSPS) is 11.6. The highest BCUT2D eigenvalue weighted by molar-refractivity contribution is 7.89. The zero-order valence-corrected chi connectivity index (χ0v) is 12.8. The van der Waals surface area contributed by atoms with Crippen LogP contribution in [0, 0.1) is 5.82 Å². The van der Waals surface area contributed by atoms with Gasteiger partial charge in [0, 0.05) is 19.7 Å². The van der Waals surface area contributed by atoms with Gasteiger partial charge in [0.05, 0.1) is 10.5 Å². The highest BCUT2D eigenvalue weighted by atomic mass is 32.2. The van der Waals surface area contributed by atoms with Crippen molar-refractivity contribution in [3.05, 3.63) is 53.8 Å². The molecule has 0 aliphatic rings. The van der Waals surface area contributed by atoms with Crippen LogP contribution in [0.25, 0.3) is 11.1 Å². The minimum Gasteiger partial charge on any atom is -0.478 e. The molecule has 116 valence electrons. The first kappa shape index (κ1) is 16.1. The molecule has 0 saturated carbocycles. The van der Waals surface area contributed by atoms with Gasteiger partial charge in [-0.05, 0) is 29.8 Å². The van der Waals surface area contributed by atoms with E-state index in [9.17, 15) is 17.6 Å². The molecule has 0 bridgehead atoms. The SMILES string of the molecule is CN(C)S(=O)(=O)c1ccc(-c2ccc(C(=O)O)cc2F)cc1. The molecule has 0 saturated heterocycles. The van der Waals surface area contributed by atoms with Crippen LogP contribution < -0.4 is 0 Å². The summed E-state index contributed by atoms with van der Waals surface area (Å²) in [7, 11) is -0.694. The van der Waals surface area contributed by atoms with Gasteiger partial charge in [-0.2, -0.15) is 0 Å². The predicted molar refractivity (Wildman–Crippen MR) is 79.7 cm³/mol. The molecule has 0 amide bonds. The van der Waals surface area contributed by atoms with E-state index in [1.165, 1.54) is 50.5 Å². The Morgan fingerprint density at radius 1 is 1.09 bits per heavy atom. The molecule has 0 fully saturated rings. The Morgan fingerprint density at radius 3 is 2.14 bits per heavy atom. The number of carboxylic acid groups (broad SMARTS) is 1. The van der Waals surface area contributed by atoms with Crippen molar-refractivity contribution in [3.8, 4) is 11.1 Å². The zero-order chi connectivity index (χ0) is 16.5. The van der Waals surface area contributed by atoms with Crippen molar-refractivity contribution >= 4 is 16.0 Å². The number of carboxylic acids is 1. The average Bonchev–Trinajstić information content (AvgIpc) is 2.47. The summed E-state index contributed by atoms with van der Waals surface area (Å²) >= 11 is 0. The van der Waals surface area contributed by atoms with E-state index in [0.717, 1.165) is 10.4 Å². The van der Waals surface area contributed by atoms with Gasteiger partial charge in [-0.1, -0.05) is 18.2 Å². The summed E-state index contributed by atoms with van der Waals surface area (Å²) in [5, 5.41) is 8.81. The van der Waals surface area contributed by atoms with E-state index in [4.69, 9.17) is 5.11 Å². The van der Waals surface area contributed by atoms with Crippen LogP contribution in [0.1, 0.15) is 10.4 Å². The largest absolute Gasteiger partial charge is 0.478 e. The Morgan fingerprint density at radius 2 is 1.68 bits per heavy atom. The van der Waals surface area contributed by atoms with Gasteiger partial charge in [0.15, 0.2) is 0 Å². The molecular formula is C15H14FNO4S. The fraction of sp³-hybridized carbons (Fsp3) is 0.133. The first-order chi connectivity index (χ1) is 10.2. The van der Waals surface area contributed by atoms with Crippen molar-refractivity contribution in [2.24, 2.45) is 0 Å². The number of aromatic carboxylic acids is 1. The Bertz CT molecular complexity index is 814. The number of carbonyl (C=O) groups is 1. The quantitative estimate of drug-likeness (QED) is 0.938. The molecule has 0 atom stereocenters. The van der Waals surface area contributed by atoms with Crippen molar-refractivity contribution < 1.29 is 22.7 Å². The zero-order valence-electron chi connectivity index (χ0n) is 11.9. The van der Waals surface area contributed by atoms with Crippen molar-refractivity contribution in [2.45, 2.75) is 4.90 Å². The summed E-state index contributed by atoms with van der Waals surface area (Å²) in [5.74, 6) is -1.89. The molecule has 5 nitrogen and oxygen atoms in total. The van der Waals surface area contributed by atoms with E-state index in [0.29, 0.717) is 5.56 Å². The minimum atomic E-state index is -3.54. The third-order valence-corrected chi connectivity index (χ3v) is 4.99. The molecule has 22 heavy (non-hydrogen) atoms. The summed E-state index contributed by atoms with van der Waals surface area (Å²) in [5.41, 5.74) is 0.527. The summed E-state index contributed by atoms with van der Waals surface area (Å²) in [4.78, 5) is 10.9. The van der Waals surface area contributed by atoms with Gasteiger partial charge in [0.1, 0.15) is 5.82 Å². The Kier molecular flexibility index (Phi) is 4.30. The highest BCUT2D eigenvalue weighted by Crippen LogP contribution is 2.25. The van der Waals surface area contributed by atoms with Crippen molar-refractivity contribution in [1.82, 2.24) is 4.31 Å². The van der Waals surface area contributed by atoms with Crippen LogP contribution in [-0.2, 0) is 10.0 Å². The summed E-state index contributed by atoms with van der Waals surface area (Å²) in [6.45, 7) is 0. The maximum atomic E-state index is 14.0. The second-order valence-corrected chi connectivity index (χ2v) is 6.96. The second kappa shape index (κ2) is 5.86. The smallest absolute Gasteiger partial charge is 0.335 e. The van der Waals surface area contributed by atoms with E-state index in [1.54, 1.807) is 0 Å². The molecule has 0 unspecified atom stereocenters. The first-order valence-electron chi connectivity index (χ1n) is 6.29. The summed E-state index contributed by atoms with van der Waals surface area (Å²) < 4.78 is 39.0. The van der Waals surface area contributed by atoms with Crippen LogP contribution in [-0.4, -0.2) is 37.9 Å². The van der Waals surface area contributed by atoms with Crippen molar-refractivity contribution in [3.63, 3.8) is 0 Å². The van der Waals surface area contributed by atoms with Crippen LogP contribution in [0.2, 0.25) is 0 Å². The summed E-state index contributed by atoms with van der Waals surface area (Å²) in [6, 6.07) is 9.32. The fourth-order valence-corrected chi connectivity index (χ4v) is 2.80. The second-order valence-electron chi connectivity index (χ2n) is 4.81. The molecule has 0 aliphatic heterocycles. The molecule has 0 aromatic heterocycles. The number of rotatable bonds is 4. The third kappa shape index (κ3) is 3.00. The van der Waals surface area contributed by atoms with Crippen LogP contribution in [0.15, 0.2) is 47.4 Å². The molecule has 2 aromatic rings. The first-order valence-corrected chi connectivity index (χ1v) is 7.73. The maximum absolute atomic E-state index is 14.0. The summed E-state index contributed by atoms with van der Waals surface area (Å²) in [6.07, 6.45) is 0. The van der Waals surface area contributed by atoms with Crippen molar-refractivity contribution in [1.29, 1.82) is 0 Å². The number of halogens is 1. The lowest BCUT2D eigenvalue weighted by Crippen LogP contribution is -2.22. The van der Waals surface area contributed by atoms with E-state index >= 15 is 0 Å². The van der Waals surface area contributed by atoms with Crippen LogP contribution in [0.4, 0.5) is 4.39 Å². The van der Waals surface area contributed by atoms with Crippen LogP contribution >= 0.6 is 0 Å². The fourth-order valence-electron chi connectivity index (χ4n) is 1.90. The molecule has 0 heterocycles. The Labute approximate surface area is 127 Å². The van der Waals surface area contributed by atoms with Gasteiger partial charge in [0.25, 0.3) is 0 Å². The highest BCUT2D eigenvalue weighted by Gasteiger charge is 2.17. The van der Waals surface area contributed by atoms with Crippen molar-refractivity contribution in [2.75, 3.05) is 14.1 Å². The average molecular weight is 323 g/mol. The van der Waals surface area contributed by atoms with Crippen LogP contribution in [0.3, 0.4) is 0 Å². The monoisotopic (exact) mass is 323 g/mol.